The Morgan fingerprint density at radius 2 is 1.93 bits per heavy atom. The Bertz CT molecular complexity index is 1010. The van der Waals surface area contributed by atoms with E-state index in [1.807, 2.05) is 4.98 Å². The smallest absolute Gasteiger partial charge is 0.327 e. The number of rotatable bonds is 6. The number of fused-ring (bicyclic) bond motifs is 1. The monoisotopic (exact) mass is 430 g/mol. The third-order valence-corrected chi connectivity index (χ3v) is 4.28. The number of carbonyl (C=O) groups excluding carboxylic acids is 1. The Labute approximate surface area is 166 Å². The average molecular weight is 430 g/mol. The standard InChI is InChI=1S/C10H12N4O6.C5H10N2O3/c15-1-3-5(16)6(17)9(20-3)14-2-11-4-7(14)12-10(19)13-8(4)18;6-3(5(9)10)1-2-4(7)8/h2-3,5-6,9,15-17H,1H2,(H2,12,13,18,19);3H,1-2,6H2,(H2,7,8)(H,9,10)/t3-,5-,6-,9-;/m1./s1. The van der Waals surface area contributed by atoms with Crippen LogP contribution in [0.5, 0.6) is 0 Å². The van der Waals surface area contributed by atoms with E-state index in [0.717, 1.165) is 0 Å². The Morgan fingerprint density at radius 1 is 1.27 bits per heavy atom. The molecule has 0 aromatic carbocycles. The van der Waals surface area contributed by atoms with Crippen molar-refractivity contribution in [3.05, 3.63) is 27.2 Å². The first kappa shape index (κ1) is 23.2. The number of primary amides is 1. The number of carboxylic acid groups (broad SMARTS) is 1. The molecule has 10 N–H and O–H groups in total. The van der Waals surface area contributed by atoms with Crippen LogP contribution in [0.15, 0.2) is 15.9 Å². The van der Waals surface area contributed by atoms with Crippen molar-refractivity contribution in [3.63, 3.8) is 0 Å². The van der Waals surface area contributed by atoms with E-state index in [4.69, 9.17) is 26.4 Å². The summed E-state index contributed by atoms with van der Waals surface area (Å²) in [5, 5.41) is 36.9. The molecule has 1 unspecified atom stereocenters. The molecule has 15 heteroatoms. The molecule has 30 heavy (non-hydrogen) atoms. The average Bonchev–Trinajstić information content (AvgIpc) is 3.21. The van der Waals surface area contributed by atoms with E-state index in [1.54, 1.807) is 0 Å². The van der Waals surface area contributed by atoms with Crippen molar-refractivity contribution in [2.45, 2.75) is 43.4 Å². The van der Waals surface area contributed by atoms with Crippen molar-refractivity contribution in [3.8, 4) is 0 Å². The summed E-state index contributed by atoms with van der Waals surface area (Å²) in [7, 11) is 0. The van der Waals surface area contributed by atoms with Crippen LogP contribution < -0.4 is 22.7 Å². The maximum atomic E-state index is 11.6. The van der Waals surface area contributed by atoms with Crippen LogP contribution in [0.2, 0.25) is 0 Å². The van der Waals surface area contributed by atoms with Gasteiger partial charge in [-0.05, 0) is 6.42 Å². The van der Waals surface area contributed by atoms with Gasteiger partial charge in [-0.2, -0.15) is 0 Å². The molecular formula is C15H22N6O9. The number of amides is 1. The van der Waals surface area contributed by atoms with Gasteiger partial charge in [0.15, 0.2) is 11.7 Å². The first-order valence-corrected chi connectivity index (χ1v) is 8.65. The van der Waals surface area contributed by atoms with Gasteiger partial charge in [-0.15, -0.1) is 0 Å². The predicted molar refractivity (Wildman–Crippen MR) is 98.0 cm³/mol. The van der Waals surface area contributed by atoms with Crippen molar-refractivity contribution in [2.24, 2.45) is 11.5 Å². The number of hydrogen-bond donors (Lipinski definition) is 8. The first-order valence-electron chi connectivity index (χ1n) is 8.65. The van der Waals surface area contributed by atoms with Gasteiger partial charge in [0.2, 0.25) is 5.91 Å². The number of carbonyl (C=O) groups is 2. The van der Waals surface area contributed by atoms with Crippen LogP contribution in [0.4, 0.5) is 0 Å². The molecule has 0 bridgehead atoms. The number of hydrogen-bond acceptors (Lipinski definition) is 10. The van der Waals surface area contributed by atoms with E-state index >= 15 is 0 Å². The van der Waals surface area contributed by atoms with Crippen LogP contribution in [-0.2, 0) is 14.3 Å². The Morgan fingerprint density at radius 3 is 2.47 bits per heavy atom. The lowest BCUT2D eigenvalue weighted by Crippen LogP contribution is -2.33. The van der Waals surface area contributed by atoms with E-state index in [-0.39, 0.29) is 24.0 Å². The van der Waals surface area contributed by atoms with Crippen LogP contribution in [0, 0.1) is 0 Å². The quantitative estimate of drug-likeness (QED) is 0.217. The number of H-pyrrole nitrogens is 2. The van der Waals surface area contributed by atoms with Crippen LogP contribution in [0.25, 0.3) is 11.2 Å². The third-order valence-electron chi connectivity index (χ3n) is 4.28. The molecule has 5 atom stereocenters. The van der Waals surface area contributed by atoms with E-state index < -0.39 is 60.3 Å². The zero-order chi connectivity index (χ0) is 22.6. The molecule has 3 rings (SSSR count). The number of nitrogens with two attached hydrogens (primary N) is 2. The van der Waals surface area contributed by atoms with Crippen molar-refractivity contribution >= 4 is 23.0 Å². The van der Waals surface area contributed by atoms with Crippen molar-refractivity contribution in [1.82, 2.24) is 19.5 Å². The van der Waals surface area contributed by atoms with Crippen molar-refractivity contribution < 1.29 is 34.8 Å². The molecule has 0 saturated carbocycles. The maximum Gasteiger partial charge on any atom is 0.327 e. The molecule has 0 aliphatic carbocycles. The largest absolute Gasteiger partial charge is 0.480 e. The topological polar surface area (TPSA) is 260 Å². The minimum absolute atomic E-state index is 0.0213. The zero-order valence-corrected chi connectivity index (χ0v) is 15.5. The van der Waals surface area contributed by atoms with Crippen molar-refractivity contribution in [1.29, 1.82) is 0 Å². The van der Waals surface area contributed by atoms with E-state index in [0.29, 0.717) is 0 Å². The molecule has 1 aliphatic heterocycles. The highest BCUT2D eigenvalue weighted by molar-refractivity contribution is 5.77. The van der Waals surface area contributed by atoms with Crippen LogP contribution in [0.3, 0.4) is 0 Å². The second kappa shape index (κ2) is 9.59. The van der Waals surface area contributed by atoms with Gasteiger partial charge in [-0.1, -0.05) is 0 Å². The highest BCUT2D eigenvalue weighted by Crippen LogP contribution is 2.30. The zero-order valence-electron chi connectivity index (χ0n) is 15.5. The van der Waals surface area contributed by atoms with Gasteiger partial charge in [0, 0.05) is 6.42 Å². The van der Waals surface area contributed by atoms with Gasteiger partial charge in [-0.3, -0.25) is 28.9 Å². The molecule has 0 spiro atoms. The molecular weight excluding hydrogens is 408 g/mol. The van der Waals surface area contributed by atoms with Gasteiger partial charge in [0.1, 0.15) is 30.0 Å². The lowest BCUT2D eigenvalue weighted by Gasteiger charge is -2.16. The summed E-state index contributed by atoms with van der Waals surface area (Å²) >= 11 is 0. The number of aromatic amines is 2. The molecule has 1 aliphatic rings. The van der Waals surface area contributed by atoms with Crippen molar-refractivity contribution in [2.75, 3.05) is 6.61 Å². The molecule has 1 amide bonds. The molecule has 0 radical (unpaired) electrons. The molecule has 2 aromatic heterocycles. The van der Waals surface area contributed by atoms with Gasteiger partial charge in [0.05, 0.1) is 12.9 Å². The van der Waals surface area contributed by atoms with Gasteiger partial charge in [0.25, 0.3) is 5.56 Å². The highest BCUT2D eigenvalue weighted by atomic mass is 16.6. The maximum absolute atomic E-state index is 11.6. The summed E-state index contributed by atoms with van der Waals surface area (Å²) in [5.41, 5.74) is 8.45. The number of imidazole rings is 1. The Kier molecular flexibility index (Phi) is 7.41. The fourth-order valence-electron chi connectivity index (χ4n) is 2.68. The number of ether oxygens (including phenoxy) is 1. The number of nitrogens with one attached hydrogen (secondary N) is 2. The SMILES string of the molecule is NC(=O)CCC(N)C(=O)O.O=c1[nH]c(=O)c2ncn([C@@H]3O[C@H](CO)[C@@H](O)[C@H]3O)c2[nH]1. The molecule has 15 nitrogen and oxygen atoms in total. The fourth-order valence-corrected chi connectivity index (χ4v) is 2.68. The molecule has 3 heterocycles. The van der Waals surface area contributed by atoms with Crippen LogP contribution >= 0.6 is 0 Å². The van der Waals surface area contributed by atoms with Gasteiger partial charge >= 0.3 is 11.7 Å². The predicted octanol–water partition coefficient (Wildman–Crippen LogP) is -4.31. The van der Waals surface area contributed by atoms with E-state index in [1.165, 1.54) is 10.9 Å². The third kappa shape index (κ3) is 5.08. The van der Waals surface area contributed by atoms with Crippen LogP contribution in [-0.4, -0.2) is 82.8 Å². The fraction of sp³-hybridized carbons (Fsp3) is 0.533. The summed E-state index contributed by atoms with van der Waals surface area (Å²) < 4.78 is 6.54. The van der Waals surface area contributed by atoms with Gasteiger partial charge in [-0.25, -0.2) is 9.78 Å². The van der Waals surface area contributed by atoms with Gasteiger partial charge < -0.3 is 36.6 Å². The minimum atomic E-state index is -1.33. The number of carboxylic acids is 1. The summed E-state index contributed by atoms with van der Waals surface area (Å²) in [4.78, 5) is 51.2. The highest BCUT2D eigenvalue weighted by Gasteiger charge is 2.43. The number of aliphatic carboxylic acids is 1. The normalized spacial score (nSPS) is 24.3. The first-order chi connectivity index (χ1) is 14.1. The summed E-state index contributed by atoms with van der Waals surface area (Å²) in [5.74, 6) is -1.64. The van der Waals surface area contributed by atoms with Crippen LogP contribution in [0.1, 0.15) is 19.1 Å². The number of nitrogens with zero attached hydrogens (tertiary/aromatic N) is 2. The minimum Gasteiger partial charge on any atom is -0.480 e. The molecule has 1 fully saturated rings. The summed E-state index contributed by atoms with van der Waals surface area (Å²) in [6.45, 7) is -0.474. The molecule has 1 saturated heterocycles. The second-order valence-electron chi connectivity index (χ2n) is 6.44. The lowest BCUT2D eigenvalue weighted by molar-refractivity contribution is -0.138. The number of aromatic nitrogens is 4. The van der Waals surface area contributed by atoms with E-state index in [9.17, 15) is 29.4 Å². The number of aliphatic hydroxyl groups is 3. The molecule has 166 valence electrons. The Balaban J connectivity index is 0.000000274. The van der Waals surface area contributed by atoms with E-state index in [2.05, 4.69) is 9.97 Å². The number of aliphatic hydroxyl groups excluding tert-OH is 3. The summed E-state index contributed by atoms with van der Waals surface area (Å²) in [6.07, 6.45) is -3.30. The second-order valence-corrected chi connectivity index (χ2v) is 6.44. The summed E-state index contributed by atoms with van der Waals surface area (Å²) in [6, 6.07) is -0.979. The molecule has 2 aromatic rings. The lowest BCUT2D eigenvalue weighted by atomic mass is 10.1. The Hall–Kier alpha value is -3.11.